The minimum Gasteiger partial charge on any atom is -0.462 e. The third-order valence-electron chi connectivity index (χ3n) is 4.82. The topological polar surface area (TPSA) is 66.8 Å². The zero-order valence-corrected chi connectivity index (χ0v) is 12.4. The van der Waals surface area contributed by atoms with Gasteiger partial charge in [0.25, 0.3) is 0 Å². The van der Waals surface area contributed by atoms with Gasteiger partial charge in [0.05, 0.1) is 6.61 Å². The minimum atomic E-state index is -0.636. The molecule has 2 saturated heterocycles. The van der Waals surface area contributed by atoms with Crippen molar-refractivity contribution >= 4 is 12.4 Å². The van der Waals surface area contributed by atoms with Gasteiger partial charge in [0.15, 0.2) is 0 Å². The number of benzene rings is 1. The third-order valence-corrected chi connectivity index (χ3v) is 4.82. The zero-order chi connectivity index (χ0) is 15.5. The number of ether oxygens (including phenoxy) is 1. The summed E-state index contributed by atoms with van der Waals surface area (Å²) < 4.78 is 5.63. The molecule has 2 heterocycles. The van der Waals surface area contributed by atoms with Gasteiger partial charge in [-0.2, -0.15) is 0 Å². The van der Waals surface area contributed by atoms with Crippen LogP contribution in [0.4, 0.5) is 0 Å². The number of hydrogen-bond donors (Lipinski definition) is 1. The van der Waals surface area contributed by atoms with Crippen molar-refractivity contribution in [2.24, 2.45) is 0 Å². The van der Waals surface area contributed by atoms with Gasteiger partial charge >= 0.3 is 5.97 Å². The highest BCUT2D eigenvalue weighted by Crippen LogP contribution is 2.36. The van der Waals surface area contributed by atoms with Crippen LogP contribution in [-0.4, -0.2) is 47.2 Å². The fourth-order valence-corrected chi connectivity index (χ4v) is 3.68. The van der Waals surface area contributed by atoms with E-state index in [4.69, 9.17) is 4.74 Å². The Hall–Kier alpha value is -1.88. The molecule has 5 nitrogen and oxygen atoms in total. The first kappa shape index (κ1) is 15.0. The first-order valence-corrected chi connectivity index (χ1v) is 7.82. The first-order valence-electron chi connectivity index (χ1n) is 7.82. The summed E-state index contributed by atoms with van der Waals surface area (Å²) in [5.74, 6) is -1.01. The number of rotatable bonds is 5. The fourth-order valence-electron chi connectivity index (χ4n) is 3.68. The Morgan fingerprint density at radius 1 is 1.27 bits per heavy atom. The molecule has 2 aliphatic rings. The van der Waals surface area contributed by atoms with Gasteiger partial charge in [-0.25, -0.2) is 0 Å². The number of aliphatic hydroxyl groups excluding tert-OH is 1. The lowest BCUT2D eigenvalue weighted by Gasteiger charge is -2.36. The molecule has 1 N–H and O–H groups in total. The number of nitrogens with zero attached hydrogens (tertiary/aromatic N) is 1. The van der Waals surface area contributed by atoms with E-state index in [1.807, 2.05) is 35.2 Å². The molecule has 1 aromatic rings. The van der Waals surface area contributed by atoms with Crippen molar-refractivity contribution in [3.8, 4) is 0 Å². The molecule has 4 atom stereocenters. The molecular formula is C17H21NO4. The molecule has 0 spiro atoms. The summed E-state index contributed by atoms with van der Waals surface area (Å²) in [5, 5.41) is 9.52. The van der Waals surface area contributed by atoms with Crippen molar-refractivity contribution in [1.82, 2.24) is 4.90 Å². The number of carbonyl (C=O) groups excluding carboxylic acids is 2. The second-order valence-corrected chi connectivity index (χ2v) is 6.11. The van der Waals surface area contributed by atoms with Crippen molar-refractivity contribution < 1.29 is 19.4 Å². The molecule has 0 aliphatic carbocycles. The summed E-state index contributed by atoms with van der Waals surface area (Å²) >= 11 is 0. The Labute approximate surface area is 129 Å². The van der Waals surface area contributed by atoms with Gasteiger partial charge < -0.3 is 14.7 Å². The molecule has 5 heteroatoms. The Morgan fingerprint density at radius 3 is 2.45 bits per heavy atom. The zero-order valence-electron chi connectivity index (χ0n) is 12.4. The molecule has 2 fully saturated rings. The van der Waals surface area contributed by atoms with E-state index in [1.54, 1.807) is 0 Å². The standard InChI is InChI=1S/C17H21NO4/c19-10-16(12-4-2-1-3-5-12)17(21)22-15-8-13-6-7-14(9-15)18(13)11-20/h1-5,11,13-16,19H,6-10H2/t13-,14+,15+,16?. The second-order valence-electron chi connectivity index (χ2n) is 6.11. The van der Waals surface area contributed by atoms with Gasteiger partial charge in [0, 0.05) is 24.9 Å². The van der Waals surface area contributed by atoms with E-state index in [1.165, 1.54) is 0 Å². The molecule has 0 aromatic heterocycles. The molecule has 118 valence electrons. The van der Waals surface area contributed by atoms with Crippen LogP contribution in [0.1, 0.15) is 37.2 Å². The maximum atomic E-state index is 12.4. The van der Waals surface area contributed by atoms with Crippen molar-refractivity contribution in [2.75, 3.05) is 6.61 Å². The van der Waals surface area contributed by atoms with Crippen LogP contribution in [0, 0.1) is 0 Å². The van der Waals surface area contributed by atoms with Gasteiger partial charge in [-0.15, -0.1) is 0 Å². The summed E-state index contributed by atoms with van der Waals surface area (Å²) in [6.07, 6.45) is 4.14. The molecule has 1 amide bonds. The predicted octanol–water partition coefficient (Wildman–Crippen LogP) is 1.46. The van der Waals surface area contributed by atoms with E-state index in [-0.39, 0.29) is 30.8 Å². The van der Waals surface area contributed by atoms with Crippen LogP contribution in [-0.2, 0) is 14.3 Å². The van der Waals surface area contributed by atoms with Crippen LogP contribution in [0.25, 0.3) is 0 Å². The number of carbonyl (C=O) groups is 2. The highest BCUT2D eigenvalue weighted by atomic mass is 16.5. The summed E-state index contributed by atoms with van der Waals surface area (Å²) in [6, 6.07) is 9.58. The van der Waals surface area contributed by atoms with E-state index in [0.29, 0.717) is 12.8 Å². The van der Waals surface area contributed by atoms with Crippen LogP contribution >= 0.6 is 0 Å². The molecule has 0 radical (unpaired) electrons. The van der Waals surface area contributed by atoms with E-state index in [9.17, 15) is 14.7 Å². The summed E-state index contributed by atoms with van der Waals surface area (Å²) in [4.78, 5) is 25.3. The van der Waals surface area contributed by atoms with E-state index < -0.39 is 5.92 Å². The van der Waals surface area contributed by atoms with Gasteiger partial charge in [-0.05, 0) is 18.4 Å². The number of esters is 1. The van der Waals surface area contributed by atoms with Crippen molar-refractivity contribution in [2.45, 2.75) is 49.8 Å². The molecule has 2 aliphatic heterocycles. The lowest BCUT2D eigenvalue weighted by molar-refractivity contribution is -0.155. The molecule has 2 bridgehead atoms. The van der Waals surface area contributed by atoms with Crippen molar-refractivity contribution in [3.63, 3.8) is 0 Å². The number of amides is 1. The Balaban J connectivity index is 1.63. The summed E-state index contributed by atoms with van der Waals surface area (Å²) in [5.41, 5.74) is 0.767. The largest absolute Gasteiger partial charge is 0.462 e. The molecule has 1 unspecified atom stereocenters. The quantitative estimate of drug-likeness (QED) is 0.660. The number of aliphatic hydroxyl groups is 1. The van der Waals surface area contributed by atoms with Crippen LogP contribution in [0.15, 0.2) is 30.3 Å². The van der Waals surface area contributed by atoms with Crippen LogP contribution in [0.5, 0.6) is 0 Å². The number of piperidine rings is 1. The molecule has 1 aromatic carbocycles. The maximum Gasteiger partial charge on any atom is 0.316 e. The van der Waals surface area contributed by atoms with Crippen molar-refractivity contribution in [3.05, 3.63) is 35.9 Å². The highest BCUT2D eigenvalue weighted by Gasteiger charge is 2.41. The minimum absolute atomic E-state index is 0.154. The molecular weight excluding hydrogens is 282 g/mol. The third kappa shape index (κ3) is 2.86. The Bertz CT molecular complexity index is 519. The van der Waals surface area contributed by atoms with Crippen molar-refractivity contribution in [1.29, 1.82) is 0 Å². The lowest BCUT2D eigenvalue weighted by Crippen LogP contribution is -2.45. The Morgan fingerprint density at radius 2 is 1.91 bits per heavy atom. The lowest BCUT2D eigenvalue weighted by atomic mass is 9.98. The van der Waals surface area contributed by atoms with Gasteiger partial charge in [0.2, 0.25) is 6.41 Å². The highest BCUT2D eigenvalue weighted by molar-refractivity contribution is 5.78. The number of hydrogen-bond acceptors (Lipinski definition) is 4. The summed E-state index contributed by atoms with van der Waals surface area (Å²) in [7, 11) is 0. The van der Waals surface area contributed by atoms with E-state index in [0.717, 1.165) is 24.8 Å². The molecule has 22 heavy (non-hydrogen) atoms. The van der Waals surface area contributed by atoms with E-state index >= 15 is 0 Å². The normalized spacial score (nSPS) is 28.2. The molecule has 3 rings (SSSR count). The smallest absolute Gasteiger partial charge is 0.316 e. The van der Waals surface area contributed by atoms with Crippen LogP contribution < -0.4 is 0 Å². The van der Waals surface area contributed by atoms with Crippen LogP contribution in [0.3, 0.4) is 0 Å². The fraction of sp³-hybridized carbons (Fsp3) is 0.529. The average molecular weight is 303 g/mol. The first-order chi connectivity index (χ1) is 10.7. The van der Waals surface area contributed by atoms with Gasteiger partial charge in [-0.1, -0.05) is 30.3 Å². The van der Waals surface area contributed by atoms with E-state index in [2.05, 4.69) is 0 Å². The van der Waals surface area contributed by atoms with Gasteiger partial charge in [0.1, 0.15) is 12.0 Å². The van der Waals surface area contributed by atoms with Gasteiger partial charge in [-0.3, -0.25) is 9.59 Å². The number of fused-ring (bicyclic) bond motifs is 2. The predicted molar refractivity (Wildman–Crippen MR) is 80.1 cm³/mol. The maximum absolute atomic E-state index is 12.4. The average Bonchev–Trinajstić information content (AvgIpc) is 2.79. The Kier molecular flexibility index (Phi) is 4.43. The SMILES string of the molecule is O=CN1[C@@H]2CC[C@H]1C[C@@H](OC(=O)C(CO)c1ccccc1)C2. The second kappa shape index (κ2) is 6.48. The molecule has 0 saturated carbocycles. The monoisotopic (exact) mass is 303 g/mol. The summed E-state index contributed by atoms with van der Waals surface area (Å²) in [6.45, 7) is -0.261. The van der Waals surface area contributed by atoms with Crippen LogP contribution in [0.2, 0.25) is 0 Å².